The van der Waals surface area contributed by atoms with E-state index < -0.39 is 0 Å². The van der Waals surface area contributed by atoms with Crippen molar-refractivity contribution in [2.24, 2.45) is 0 Å². The number of ether oxygens (including phenoxy) is 1. The number of aromatic nitrogens is 1. The number of nitrogens with zero attached hydrogens (tertiary/aromatic N) is 2. The molecule has 0 radical (unpaired) electrons. The summed E-state index contributed by atoms with van der Waals surface area (Å²) in [6, 6.07) is 0.846. The SMILES string of the molecule is C1CC(N2CCc3nc(OC4CCNCC4)sc3C2)C1. The van der Waals surface area contributed by atoms with E-state index in [-0.39, 0.29) is 0 Å². The van der Waals surface area contributed by atoms with Crippen LogP contribution in [-0.4, -0.2) is 41.7 Å². The van der Waals surface area contributed by atoms with Crippen molar-refractivity contribution in [1.82, 2.24) is 15.2 Å². The molecule has 1 saturated carbocycles. The van der Waals surface area contributed by atoms with Crippen LogP contribution < -0.4 is 10.1 Å². The second kappa shape index (κ2) is 5.62. The van der Waals surface area contributed by atoms with Gasteiger partial charge in [0.05, 0.1) is 5.69 Å². The van der Waals surface area contributed by atoms with Crippen LogP contribution in [-0.2, 0) is 13.0 Å². The van der Waals surface area contributed by atoms with Gasteiger partial charge in [-0.2, -0.15) is 0 Å². The number of thiazole rings is 1. The summed E-state index contributed by atoms with van der Waals surface area (Å²) in [6.07, 6.45) is 7.90. The Bertz CT molecular complexity index is 466. The van der Waals surface area contributed by atoms with Gasteiger partial charge in [0, 0.05) is 30.4 Å². The highest BCUT2D eigenvalue weighted by Gasteiger charge is 2.30. The van der Waals surface area contributed by atoms with Crippen molar-refractivity contribution in [2.45, 2.75) is 57.2 Å². The van der Waals surface area contributed by atoms with Crippen LogP contribution in [0.4, 0.5) is 0 Å². The van der Waals surface area contributed by atoms with Gasteiger partial charge in [0.25, 0.3) is 5.19 Å². The van der Waals surface area contributed by atoms with Gasteiger partial charge in [-0.1, -0.05) is 17.8 Å². The molecule has 1 saturated heterocycles. The standard InChI is InChI=1S/C15H23N3OS/c1-2-11(3-1)18-9-6-13-14(10-18)20-15(17-13)19-12-4-7-16-8-5-12/h11-12,16H,1-10H2. The quantitative estimate of drug-likeness (QED) is 0.927. The maximum atomic E-state index is 6.09. The monoisotopic (exact) mass is 293 g/mol. The van der Waals surface area contributed by atoms with Gasteiger partial charge in [-0.15, -0.1) is 0 Å². The van der Waals surface area contributed by atoms with Crippen molar-refractivity contribution in [2.75, 3.05) is 19.6 Å². The summed E-state index contributed by atoms with van der Waals surface area (Å²) < 4.78 is 6.09. The maximum absolute atomic E-state index is 6.09. The summed E-state index contributed by atoms with van der Waals surface area (Å²) in [5.74, 6) is 0. The third kappa shape index (κ3) is 2.59. The van der Waals surface area contributed by atoms with E-state index in [1.165, 1.54) is 36.4 Å². The largest absolute Gasteiger partial charge is 0.467 e. The first kappa shape index (κ1) is 13.0. The molecule has 4 rings (SSSR count). The van der Waals surface area contributed by atoms with Crippen LogP contribution in [0.3, 0.4) is 0 Å². The maximum Gasteiger partial charge on any atom is 0.273 e. The fourth-order valence-electron chi connectivity index (χ4n) is 3.36. The molecule has 0 aromatic carbocycles. The number of hydrogen-bond donors (Lipinski definition) is 1. The average molecular weight is 293 g/mol. The Balaban J connectivity index is 1.41. The van der Waals surface area contributed by atoms with E-state index in [0.29, 0.717) is 6.10 Å². The van der Waals surface area contributed by atoms with Gasteiger partial charge in [0.1, 0.15) is 6.10 Å². The Morgan fingerprint density at radius 1 is 1.20 bits per heavy atom. The molecule has 1 N–H and O–H groups in total. The van der Waals surface area contributed by atoms with Crippen molar-refractivity contribution in [1.29, 1.82) is 0 Å². The van der Waals surface area contributed by atoms with Crippen LogP contribution in [0.2, 0.25) is 0 Å². The first-order chi connectivity index (χ1) is 9.88. The Morgan fingerprint density at radius 3 is 2.80 bits per heavy atom. The smallest absolute Gasteiger partial charge is 0.273 e. The van der Waals surface area contributed by atoms with Crippen LogP contribution in [0.1, 0.15) is 42.7 Å². The lowest BCUT2D eigenvalue weighted by Crippen LogP contribution is -2.42. The van der Waals surface area contributed by atoms with Gasteiger partial charge < -0.3 is 10.1 Å². The van der Waals surface area contributed by atoms with Crippen molar-refractivity contribution in [3.05, 3.63) is 10.6 Å². The molecule has 110 valence electrons. The molecule has 20 heavy (non-hydrogen) atoms. The Labute approximate surface area is 124 Å². The van der Waals surface area contributed by atoms with Crippen LogP contribution in [0.5, 0.6) is 5.19 Å². The minimum absolute atomic E-state index is 0.367. The summed E-state index contributed by atoms with van der Waals surface area (Å²) in [5.41, 5.74) is 1.30. The first-order valence-corrected chi connectivity index (χ1v) is 8.80. The van der Waals surface area contributed by atoms with Crippen LogP contribution in [0, 0.1) is 0 Å². The van der Waals surface area contributed by atoms with Crippen molar-refractivity contribution < 1.29 is 4.74 Å². The summed E-state index contributed by atoms with van der Waals surface area (Å²) >= 11 is 1.79. The lowest BCUT2D eigenvalue weighted by atomic mass is 9.90. The summed E-state index contributed by atoms with van der Waals surface area (Å²) in [6.45, 7) is 4.44. The van der Waals surface area contributed by atoms with E-state index in [1.54, 1.807) is 11.3 Å². The fraction of sp³-hybridized carbons (Fsp3) is 0.800. The molecule has 3 aliphatic rings. The molecule has 4 nitrogen and oxygen atoms in total. The molecular formula is C15H23N3OS. The molecule has 0 bridgehead atoms. The molecule has 2 aliphatic heterocycles. The van der Waals surface area contributed by atoms with Crippen LogP contribution in [0.15, 0.2) is 0 Å². The highest BCUT2D eigenvalue weighted by molar-refractivity contribution is 7.13. The predicted octanol–water partition coefficient (Wildman–Crippen LogP) is 2.18. The molecule has 1 aliphatic carbocycles. The highest BCUT2D eigenvalue weighted by Crippen LogP contribution is 2.34. The van der Waals surface area contributed by atoms with Gasteiger partial charge >= 0.3 is 0 Å². The van der Waals surface area contributed by atoms with Crippen LogP contribution >= 0.6 is 11.3 Å². The molecule has 0 spiro atoms. The van der Waals surface area contributed by atoms with Gasteiger partial charge in [-0.05, 0) is 38.8 Å². The summed E-state index contributed by atoms with van der Waals surface area (Å²) in [7, 11) is 0. The normalized spacial score (nSPS) is 25.2. The topological polar surface area (TPSA) is 37.4 Å². The van der Waals surface area contributed by atoms with Crippen molar-refractivity contribution in [3.63, 3.8) is 0 Å². The lowest BCUT2D eigenvalue weighted by molar-refractivity contribution is 0.114. The third-order valence-corrected chi connectivity index (χ3v) is 5.86. The van der Waals surface area contributed by atoms with E-state index in [4.69, 9.17) is 9.72 Å². The molecular weight excluding hydrogens is 270 g/mol. The molecule has 2 fully saturated rings. The first-order valence-electron chi connectivity index (χ1n) is 7.98. The zero-order valence-corrected chi connectivity index (χ0v) is 12.8. The number of piperidine rings is 1. The Kier molecular flexibility index (Phi) is 3.67. The number of fused-ring (bicyclic) bond motifs is 1. The van der Waals surface area contributed by atoms with E-state index in [0.717, 1.165) is 50.1 Å². The van der Waals surface area contributed by atoms with Gasteiger partial charge in [-0.25, -0.2) is 4.98 Å². The molecule has 1 aromatic rings. The van der Waals surface area contributed by atoms with Crippen molar-refractivity contribution >= 4 is 11.3 Å². The zero-order chi connectivity index (χ0) is 13.4. The minimum Gasteiger partial charge on any atom is -0.467 e. The molecule has 1 aromatic heterocycles. The summed E-state index contributed by atoms with van der Waals surface area (Å²) in [4.78, 5) is 8.83. The lowest BCUT2D eigenvalue weighted by Gasteiger charge is -2.39. The van der Waals surface area contributed by atoms with E-state index in [2.05, 4.69) is 10.2 Å². The third-order valence-electron chi connectivity index (χ3n) is 4.89. The molecule has 0 unspecified atom stereocenters. The second-order valence-electron chi connectivity index (χ2n) is 6.22. The number of rotatable bonds is 3. The molecule has 3 heterocycles. The van der Waals surface area contributed by atoms with E-state index >= 15 is 0 Å². The van der Waals surface area contributed by atoms with E-state index in [1.807, 2.05) is 0 Å². The highest BCUT2D eigenvalue weighted by atomic mass is 32.1. The zero-order valence-electron chi connectivity index (χ0n) is 11.9. The molecule has 5 heteroatoms. The average Bonchev–Trinajstić information content (AvgIpc) is 2.79. The van der Waals surface area contributed by atoms with Gasteiger partial charge in [0.15, 0.2) is 0 Å². The van der Waals surface area contributed by atoms with Gasteiger partial charge in [-0.3, -0.25) is 4.90 Å². The Morgan fingerprint density at radius 2 is 2.05 bits per heavy atom. The predicted molar refractivity (Wildman–Crippen MR) is 80.4 cm³/mol. The molecule has 0 amide bonds. The fourth-order valence-corrected chi connectivity index (χ4v) is 4.41. The Hall–Kier alpha value is -0.650. The number of nitrogens with one attached hydrogen (secondary N) is 1. The minimum atomic E-state index is 0.367. The summed E-state index contributed by atoms with van der Waals surface area (Å²) in [5, 5.41) is 4.29. The van der Waals surface area contributed by atoms with Crippen molar-refractivity contribution in [3.8, 4) is 5.19 Å². The second-order valence-corrected chi connectivity index (χ2v) is 7.27. The number of hydrogen-bond acceptors (Lipinski definition) is 5. The van der Waals surface area contributed by atoms with E-state index in [9.17, 15) is 0 Å². The van der Waals surface area contributed by atoms with Gasteiger partial charge in [0.2, 0.25) is 0 Å². The van der Waals surface area contributed by atoms with Crippen LogP contribution in [0.25, 0.3) is 0 Å². The molecule has 0 atom stereocenters.